The highest BCUT2D eigenvalue weighted by molar-refractivity contribution is 7.15. The lowest BCUT2D eigenvalue weighted by Crippen LogP contribution is -2.04. The van der Waals surface area contributed by atoms with E-state index >= 15 is 0 Å². The van der Waals surface area contributed by atoms with E-state index in [1.54, 1.807) is 12.3 Å². The molecule has 1 aromatic carbocycles. The summed E-state index contributed by atoms with van der Waals surface area (Å²) in [6.07, 6.45) is 2.43. The lowest BCUT2D eigenvalue weighted by atomic mass is 10.1. The molecule has 0 saturated heterocycles. The summed E-state index contributed by atoms with van der Waals surface area (Å²) in [6.45, 7) is 1.46. The Balaban J connectivity index is 2.13. The van der Waals surface area contributed by atoms with Crippen molar-refractivity contribution in [3.8, 4) is 0 Å². The maximum atomic E-state index is 10.9. The van der Waals surface area contributed by atoms with E-state index in [0.29, 0.717) is 21.6 Å². The van der Waals surface area contributed by atoms with Gasteiger partial charge in [0.2, 0.25) is 5.91 Å². The number of rotatable bonds is 3. The van der Waals surface area contributed by atoms with Crippen molar-refractivity contribution in [1.29, 1.82) is 0 Å². The molecule has 94 valence electrons. The number of benzene rings is 1. The van der Waals surface area contributed by atoms with Crippen molar-refractivity contribution in [1.82, 2.24) is 4.98 Å². The van der Waals surface area contributed by atoms with Gasteiger partial charge in [-0.15, -0.1) is 11.3 Å². The Kier molecular flexibility index (Phi) is 4.22. The molecule has 18 heavy (non-hydrogen) atoms. The molecule has 2 aromatic rings. The summed E-state index contributed by atoms with van der Waals surface area (Å²) in [5, 5.41) is 4.48. The lowest BCUT2D eigenvalue weighted by Gasteiger charge is -2.00. The first-order chi connectivity index (χ1) is 8.52. The van der Waals surface area contributed by atoms with Crippen LogP contribution in [-0.4, -0.2) is 10.9 Å². The number of aromatic nitrogens is 1. The van der Waals surface area contributed by atoms with Crippen LogP contribution in [0.5, 0.6) is 0 Å². The van der Waals surface area contributed by atoms with Gasteiger partial charge in [0.15, 0.2) is 5.13 Å². The Bertz CT molecular complexity index is 563. The van der Waals surface area contributed by atoms with Crippen LogP contribution < -0.4 is 5.32 Å². The highest BCUT2D eigenvalue weighted by Crippen LogP contribution is 2.24. The number of nitrogens with zero attached hydrogens (tertiary/aromatic N) is 1. The lowest BCUT2D eigenvalue weighted by molar-refractivity contribution is -0.114. The van der Waals surface area contributed by atoms with Crippen LogP contribution in [0.4, 0.5) is 5.13 Å². The third kappa shape index (κ3) is 3.70. The van der Waals surface area contributed by atoms with Crippen LogP contribution in [0.15, 0.2) is 24.4 Å². The average Bonchev–Trinajstić information content (AvgIpc) is 2.62. The SMILES string of the molecule is CC(=O)Nc1ncc(Cc2cc(Cl)cc(Cl)c2)s1. The second kappa shape index (κ2) is 5.69. The first-order valence-corrected chi connectivity index (χ1v) is 6.77. The summed E-state index contributed by atoms with van der Waals surface area (Å²) < 4.78 is 0. The number of halogens is 2. The third-order valence-corrected chi connectivity index (χ3v) is 3.49. The van der Waals surface area contributed by atoms with Crippen molar-refractivity contribution in [3.05, 3.63) is 44.9 Å². The topological polar surface area (TPSA) is 42.0 Å². The Morgan fingerprint density at radius 3 is 2.61 bits per heavy atom. The van der Waals surface area contributed by atoms with E-state index in [-0.39, 0.29) is 5.91 Å². The maximum Gasteiger partial charge on any atom is 0.223 e. The van der Waals surface area contributed by atoms with E-state index in [1.807, 2.05) is 12.1 Å². The molecule has 0 unspecified atom stereocenters. The Hall–Kier alpha value is -1.10. The molecule has 1 amide bonds. The molecule has 2 rings (SSSR count). The van der Waals surface area contributed by atoms with Gasteiger partial charge in [0, 0.05) is 34.5 Å². The van der Waals surface area contributed by atoms with Gasteiger partial charge in [-0.05, 0) is 23.8 Å². The van der Waals surface area contributed by atoms with E-state index in [0.717, 1.165) is 10.4 Å². The van der Waals surface area contributed by atoms with Gasteiger partial charge in [-0.3, -0.25) is 4.79 Å². The molecular weight excluding hydrogens is 291 g/mol. The van der Waals surface area contributed by atoms with Crippen LogP contribution in [0.3, 0.4) is 0 Å². The quantitative estimate of drug-likeness (QED) is 0.931. The van der Waals surface area contributed by atoms with Crippen LogP contribution in [-0.2, 0) is 11.2 Å². The number of amides is 1. The van der Waals surface area contributed by atoms with Crippen LogP contribution in [0.2, 0.25) is 10.0 Å². The molecular formula is C12H10Cl2N2OS. The zero-order chi connectivity index (χ0) is 13.1. The Morgan fingerprint density at radius 1 is 1.33 bits per heavy atom. The summed E-state index contributed by atoms with van der Waals surface area (Å²) in [5.74, 6) is -0.123. The highest BCUT2D eigenvalue weighted by atomic mass is 35.5. The number of carbonyl (C=O) groups is 1. The van der Waals surface area contributed by atoms with Crippen molar-refractivity contribution in [2.45, 2.75) is 13.3 Å². The first-order valence-electron chi connectivity index (χ1n) is 5.20. The van der Waals surface area contributed by atoms with E-state index in [2.05, 4.69) is 10.3 Å². The molecule has 0 spiro atoms. The van der Waals surface area contributed by atoms with Crippen LogP contribution >= 0.6 is 34.5 Å². The van der Waals surface area contributed by atoms with Crippen LogP contribution in [0.1, 0.15) is 17.4 Å². The van der Waals surface area contributed by atoms with Crippen molar-refractivity contribution in [2.75, 3.05) is 5.32 Å². The fourth-order valence-electron chi connectivity index (χ4n) is 1.51. The zero-order valence-corrected chi connectivity index (χ0v) is 11.9. The molecule has 0 aliphatic carbocycles. The van der Waals surface area contributed by atoms with Gasteiger partial charge < -0.3 is 5.32 Å². The molecule has 1 N–H and O–H groups in total. The molecule has 6 heteroatoms. The number of anilines is 1. The number of thiazole rings is 1. The normalized spacial score (nSPS) is 10.4. The summed E-state index contributed by atoms with van der Waals surface area (Å²) in [7, 11) is 0. The zero-order valence-electron chi connectivity index (χ0n) is 9.54. The standard InChI is InChI=1S/C12H10Cl2N2OS/c1-7(17)16-12-15-6-11(18-12)4-8-2-9(13)5-10(14)3-8/h2-3,5-6H,4H2,1H3,(H,15,16,17). The van der Waals surface area contributed by atoms with Gasteiger partial charge >= 0.3 is 0 Å². The molecule has 0 saturated carbocycles. The van der Waals surface area contributed by atoms with Crippen molar-refractivity contribution in [3.63, 3.8) is 0 Å². The van der Waals surface area contributed by atoms with Gasteiger partial charge in [-0.25, -0.2) is 4.98 Å². The monoisotopic (exact) mass is 300 g/mol. The molecule has 0 aliphatic heterocycles. The number of hydrogen-bond donors (Lipinski definition) is 1. The van der Waals surface area contributed by atoms with E-state index in [1.165, 1.54) is 18.3 Å². The van der Waals surface area contributed by atoms with Gasteiger partial charge in [-0.2, -0.15) is 0 Å². The van der Waals surface area contributed by atoms with Gasteiger partial charge in [-0.1, -0.05) is 23.2 Å². The average molecular weight is 301 g/mol. The number of carbonyl (C=O) groups excluding carboxylic acids is 1. The summed E-state index contributed by atoms with van der Waals surface area (Å²) in [6, 6.07) is 5.43. The fourth-order valence-corrected chi connectivity index (χ4v) is 2.98. The van der Waals surface area contributed by atoms with Crippen LogP contribution in [0, 0.1) is 0 Å². The highest BCUT2D eigenvalue weighted by Gasteiger charge is 2.05. The predicted molar refractivity (Wildman–Crippen MR) is 75.7 cm³/mol. The maximum absolute atomic E-state index is 10.9. The second-order valence-electron chi connectivity index (χ2n) is 3.77. The molecule has 0 radical (unpaired) electrons. The Labute approximate surface area is 119 Å². The van der Waals surface area contributed by atoms with E-state index in [4.69, 9.17) is 23.2 Å². The van der Waals surface area contributed by atoms with Crippen molar-refractivity contribution < 1.29 is 4.79 Å². The summed E-state index contributed by atoms with van der Waals surface area (Å²) in [4.78, 5) is 16.0. The second-order valence-corrected chi connectivity index (χ2v) is 5.76. The largest absolute Gasteiger partial charge is 0.302 e. The first kappa shape index (κ1) is 13.3. The van der Waals surface area contributed by atoms with Crippen LogP contribution in [0.25, 0.3) is 0 Å². The molecule has 0 bridgehead atoms. The minimum absolute atomic E-state index is 0.123. The van der Waals surface area contributed by atoms with E-state index in [9.17, 15) is 4.79 Å². The predicted octanol–water partition coefficient (Wildman–Crippen LogP) is 4.00. The van der Waals surface area contributed by atoms with Gasteiger partial charge in [0.25, 0.3) is 0 Å². The molecule has 1 heterocycles. The fraction of sp³-hybridized carbons (Fsp3) is 0.167. The molecule has 0 atom stereocenters. The van der Waals surface area contributed by atoms with Crippen molar-refractivity contribution >= 4 is 45.6 Å². The Morgan fingerprint density at radius 2 is 2.00 bits per heavy atom. The third-order valence-electron chi connectivity index (χ3n) is 2.14. The minimum Gasteiger partial charge on any atom is -0.302 e. The van der Waals surface area contributed by atoms with Crippen molar-refractivity contribution in [2.24, 2.45) is 0 Å². The van der Waals surface area contributed by atoms with Gasteiger partial charge in [0.05, 0.1) is 0 Å². The molecule has 3 nitrogen and oxygen atoms in total. The number of nitrogens with one attached hydrogen (secondary N) is 1. The minimum atomic E-state index is -0.123. The summed E-state index contributed by atoms with van der Waals surface area (Å²) in [5.41, 5.74) is 1.02. The smallest absolute Gasteiger partial charge is 0.223 e. The molecule has 1 aromatic heterocycles. The molecule has 0 fully saturated rings. The van der Waals surface area contributed by atoms with E-state index < -0.39 is 0 Å². The van der Waals surface area contributed by atoms with Gasteiger partial charge in [0.1, 0.15) is 0 Å². The number of hydrogen-bond acceptors (Lipinski definition) is 3. The molecule has 0 aliphatic rings. The summed E-state index contributed by atoms with van der Waals surface area (Å²) >= 11 is 13.3.